The van der Waals surface area contributed by atoms with Gasteiger partial charge in [-0.1, -0.05) is 13.8 Å². The first-order chi connectivity index (χ1) is 10.1. The van der Waals surface area contributed by atoms with Gasteiger partial charge in [-0.05, 0) is 18.1 Å². The molecule has 4 N–H and O–H groups in total. The molecule has 0 fully saturated rings. The standard InChI is InChI=1S/C14H17N7/c1-8(2)7-21-12(9-3-5-17-6-4-9)18-10-11(15)19-14(16)20-13(10)21/h3-6,8H,7H2,1-2H3,(H4,15,16,19,20). The molecule has 21 heavy (non-hydrogen) atoms. The van der Waals surface area contributed by atoms with Crippen LogP contribution >= 0.6 is 0 Å². The maximum atomic E-state index is 5.93. The Hall–Kier alpha value is -2.70. The second kappa shape index (κ2) is 5.01. The van der Waals surface area contributed by atoms with Crippen LogP contribution in [0, 0.1) is 5.92 Å². The number of fused-ring (bicyclic) bond motifs is 1. The van der Waals surface area contributed by atoms with Crippen LogP contribution in [0.25, 0.3) is 22.6 Å². The highest BCUT2D eigenvalue weighted by Crippen LogP contribution is 2.27. The predicted molar refractivity (Wildman–Crippen MR) is 82.2 cm³/mol. The lowest BCUT2D eigenvalue weighted by Crippen LogP contribution is -2.08. The Kier molecular flexibility index (Phi) is 3.17. The van der Waals surface area contributed by atoms with E-state index in [1.54, 1.807) is 12.4 Å². The molecule has 0 aromatic carbocycles. The van der Waals surface area contributed by atoms with Gasteiger partial charge in [-0.3, -0.25) is 4.98 Å². The van der Waals surface area contributed by atoms with E-state index in [1.807, 2.05) is 16.7 Å². The van der Waals surface area contributed by atoms with Crippen LogP contribution in [0.5, 0.6) is 0 Å². The molecule has 0 radical (unpaired) electrons. The van der Waals surface area contributed by atoms with Gasteiger partial charge in [0.1, 0.15) is 5.82 Å². The van der Waals surface area contributed by atoms with Crippen molar-refractivity contribution < 1.29 is 0 Å². The Morgan fingerprint density at radius 1 is 1.10 bits per heavy atom. The van der Waals surface area contributed by atoms with Gasteiger partial charge in [-0.15, -0.1) is 0 Å². The number of anilines is 2. The molecular formula is C14H17N7. The Bertz CT molecular complexity index is 777. The smallest absolute Gasteiger partial charge is 0.224 e. The highest BCUT2D eigenvalue weighted by molar-refractivity contribution is 5.86. The molecular weight excluding hydrogens is 266 g/mol. The molecule has 0 aliphatic rings. The van der Waals surface area contributed by atoms with Crippen molar-refractivity contribution in [3.05, 3.63) is 24.5 Å². The SMILES string of the molecule is CC(C)Cn1c(-c2ccncc2)nc2c(N)nc(N)nc21. The van der Waals surface area contributed by atoms with Crippen LogP contribution in [0.1, 0.15) is 13.8 Å². The van der Waals surface area contributed by atoms with Crippen molar-refractivity contribution in [2.75, 3.05) is 11.5 Å². The number of hydrogen-bond donors (Lipinski definition) is 2. The van der Waals surface area contributed by atoms with Crippen molar-refractivity contribution in [1.29, 1.82) is 0 Å². The summed E-state index contributed by atoms with van der Waals surface area (Å²) in [5.41, 5.74) is 13.9. The molecule has 0 spiro atoms. The summed E-state index contributed by atoms with van der Waals surface area (Å²) in [7, 11) is 0. The van der Waals surface area contributed by atoms with E-state index in [0.717, 1.165) is 17.9 Å². The second-order valence-electron chi connectivity index (χ2n) is 5.32. The van der Waals surface area contributed by atoms with Crippen LogP contribution < -0.4 is 11.5 Å². The van der Waals surface area contributed by atoms with Gasteiger partial charge < -0.3 is 16.0 Å². The molecule has 0 bridgehead atoms. The summed E-state index contributed by atoms with van der Waals surface area (Å²) in [6, 6.07) is 3.82. The number of imidazole rings is 1. The average Bonchev–Trinajstić information content (AvgIpc) is 2.78. The molecule has 7 heteroatoms. The number of nitrogens with zero attached hydrogens (tertiary/aromatic N) is 5. The van der Waals surface area contributed by atoms with Gasteiger partial charge in [0.05, 0.1) is 0 Å². The fourth-order valence-electron chi connectivity index (χ4n) is 2.30. The maximum absolute atomic E-state index is 5.93. The molecule has 0 atom stereocenters. The minimum absolute atomic E-state index is 0.159. The van der Waals surface area contributed by atoms with E-state index in [0.29, 0.717) is 22.9 Å². The van der Waals surface area contributed by atoms with Crippen molar-refractivity contribution in [2.45, 2.75) is 20.4 Å². The molecule has 3 heterocycles. The van der Waals surface area contributed by atoms with E-state index in [9.17, 15) is 0 Å². The fourth-order valence-corrected chi connectivity index (χ4v) is 2.30. The zero-order chi connectivity index (χ0) is 15.0. The summed E-state index contributed by atoms with van der Waals surface area (Å²) < 4.78 is 2.03. The monoisotopic (exact) mass is 283 g/mol. The molecule has 0 amide bonds. The van der Waals surface area contributed by atoms with E-state index < -0.39 is 0 Å². The van der Waals surface area contributed by atoms with E-state index in [4.69, 9.17) is 11.5 Å². The maximum Gasteiger partial charge on any atom is 0.224 e. The second-order valence-corrected chi connectivity index (χ2v) is 5.32. The summed E-state index contributed by atoms with van der Waals surface area (Å²) in [4.78, 5) is 16.9. The number of hydrogen-bond acceptors (Lipinski definition) is 6. The van der Waals surface area contributed by atoms with Crippen molar-refractivity contribution in [3.63, 3.8) is 0 Å². The quantitative estimate of drug-likeness (QED) is 0.757. The Labute approximate surface area is 122 Å². The van der Waals surface area contributed by atoms with Crippen LogP contribution in [0.2, 0.25) is 0 Å². The van der Waals surface area contributed by atoms with E-state index in [2.05, 4.69) is 33.8 Å². The molecule has 3 rings (SSSR count). The van der Waals surface area contributed by atoms with Crippen LogP contribution in [0.4, 0.5) is 11.8 Å². The number of rotatable bonds is 3. The van der Waals surface area contributed by atoms with Crippen LogP contribution in [0.3, 0.4) is 0 Å². The molecule has 0 saturated heterocycles. The first-order valence-electron chi connectivity index (χ1n) is 6.76. The Balaban J connectivity index is 2.30. The zero-order valence-corrected chi connectivity index (χ0v) is 12.0. The lowest BCUT2D eigenvalue weighted by Gasteiger charge is -2.11. The highest BCUT2D eigenvalue weighted by atomic mass is 15.2. The molecule has 0 saturated carbocycles. The molecule has 108 valence electrons. The summed E-state index contributed by atoms with van der Waals surface area (Å²) >= 11 is 0. The molecule has 0 aliphatic carbocycles. The van der Waals surface area contributed by atoms with Crippen LogP contribution in [-0.4, -0.2) is 24.5 Å². The first-order valence-corrected chi connectivity index (χ1v) is 6.76. The fraction of sp³-hybridized carbons (Fsp3) is 0.286. The van der Waals surface area contributed by atoms with Crippen molar-refractivity contribution in [1.82, 2.24) is 24.5 Å². The van der Waals surface area contributed by atoms with Gasteiger partial charge in [0.2, 0.25) is 5.95 Å². The first kappa shape index (κ1) is 13.3. The minimum atomic E-state index is 0.159. The number of nitrogen functional groups attached to an aromatic ring is 2. The molecule has 7 nitrogen and oxygen atoms in total. The Morgan fingerprint density at radius 2 is 1.81 bits per heavy atom. The Morgan fingerprint density at radius 3 is 2.48 bits per heavy atom. The van der Waals surface area contributed by atoms with Gasteiger partial charge in [0, 0.05) is 24.5 Å². The van der Waals surface area contributed by atoms with E-state index >= 15 is 0 Å². The van der Waals surface area contributed by atoms with Gasteiger partial charge in [-0.2, -0.15) is 9.97 Å². The predicted octanol–water partition coefficient (Wildman–Crippen LogP) is 1.71. The van der Waals surface area contributed by atoms with Crippen LogP contribution in [-0.2, 0) is 6.54 Å². The van der Waals surface area contributed by atoms with Gasteiger partial charge in [0.15, 0.2) is 17.0 Å². The van der Waals surface area contributed by atoms with Crippen molar-refractivity contribution >= 4 is 22.9 Å². The largest absolute Gasteiger partial charge is 0.382 e. The molecule has 3 aromatic rings. The molecule has 3 aromatic heterocycles. The highest BCUT2D eigenvalue weighted by Gasteiger charge is 2.17. The normalized spacial score (nSPS) is 11.4. The number of aromatic nitrogens is 5. The molecule has 0 unspecified atom stereocenters. The third-order valence-corrected chi connectivity index (χ3v) is 3.13. The van der Waals surface area contributed by atoms with Crippen LogP contribution in [0.15, 0.2) is 24.5 Å². The summed E-state index contributed by atoms with van der Waals surface area (Å²) in [6.45, 7) is 5.04. The molecule has 0 aliphatic heterocycles. The van der Waals surface area contributed by atoms with E-state index in [-0.39, 0.29) is 5.95 Å². The number of pyridine rings is 1. The van der Waals surface area contributed by atoms with E-state index in [1.165, 1.54) is 0 Å². The van der Waals surface area contributed by atoms with Gasteiger partial charge >= 0.3 is 0 Å². The van der Waals surface area contributed by atoms with Gasteiger partial charge in [0.25, 0.3) is 0 Å². The van der Waals surface area contributed by atoms with Gasteiger partial charge in [-0.25, -0.2) is 4.98 Å². The topological polar surface area (TPSA) is 109 Å². The summed E-state index contributed by atoms with van der Waals surface area (Å²) in [5, 5.41) is 0. The average molecular weight is 283 g/mol. The minimum Gasteiger partial charge on any atom is -0.382 e. The number of nitrogens with two attached hydrogens (primary N) is 2. The zero-order valence-electron chi connectivity index (χ0n) is 12.0. The third-order valence-electron chi connectivity index (χ3n) is 3.13. The van der Waals surface area contributed by atoms with Crippen molar-refractivity contribution in [2.24, 2.45) is 5.92 Å². The lowest BCUT2D eigenvalue weighted by molar-refractivity contribution is 0.534. The van der Waals surface area contributed by atoms with Crippen molar-refractivity contribution in [3.8, 4) is 11.4 Å². The summed E-state index contributed by atoms with van der Waals surface area (Å²) in [6.07, 6.45) is 3.47. The lowest BCUT2D eigenvalue weighted by atomic mass is 10.2. The summed E-state index contributed by atoms with van der Waals surface area (Å²) in [5.74, 6) is 1.69. The third kappa shape index (κ3) is 2.37.